The molecule has 1 amide bonds. The number of rotatable bonds is 7. The van der Waals surface area contributed by atoms with E-state index in [1.54, 1.807) is 24.3 Å². The van der Waals surface area contributed by atoms with E-state index in [9.17, 15) is 10.1 Å². The Morgan fingerprint density at radius 3 is 2.40 bits per heavy atom. The molecular weight excluding hydrogens is 324 g/mol. The third-order valence-corrected chi connectivity index (χ3v) is 3.38. The minimum atomic E-state index is -0.887. The van der Waals surface area contributed by atoms with Crippen LogP contribution in [-0.2, 0) is 4.79 Å². The van der Waals surface area contributed by atoms with Crippen molar-refractivity contribution >= 4 is 12.0 Å². The van der Waals surface area contributed by atoms with Crippen LogP contribution >= 0.6 is 0 Å². The highest BCUT2D eigenvalue weighted by atomic mass is 16.5. The van der Waals surface area contributed by atoms with Crippen molar-refractivity contribution in [2.45, 2.75) is 6.04 Å². The van der Waals surface area contributed by atoms with Crippen LogP contribution in [-0.4, -0.2) is 27.2 Å². The number of carbonyl (C=O) groups is 1. The van der Waals surface area contributed by atoms with Crippen LogP contribution in [0.2, 0.25) is 0 Å². The molecule has 1 aromatic heterocycles. The van der Waals surface area contributed by atoms with Gasteiger partial charge in [0.1, 0.15) is 11.8 Å². The summed E-state index contributed by atoms with van der Waals surface area (Å²) in [6, 6.07) is 7.82. The highest BCUT2D eigenvalue weighted by molar-refractivity contribution is 5.91. The van der Waals surface area contributed by atoms with E-state index in [1.807, 2.05) is 6.07 Å². The van der Waals surface area contributed by atoms with Crippen molar-refractivity contribution in [1.29, 1.82) is 5.26 Å². The summed E-state index contributed by atoms with van der Waals surface area (Å²) in [4.78, 5) is 12.0. The van der Waals surface area contributed by atoms with Crippen molar-refractivity contribution in [1.82, 2.24) is 5.32 Å². The summed E-state index contributed by atoms with van der Waals surface area (Å²) < 4.78 is 20.9. The van der Waals surface area contributed by atoms with E-state index in [2.05, 4.69) is 5.32 Å². The van der Waals surface area contributed by atoms with E-state index in [0.717, 1.165) is 0 Å². The molecule has 25 heavy (non-hydrogen) atoms. The van der Waals surface area contributed by atoms with E-state index in [1.165, 1.54) is 39.7 Å². The number of amides is 1. The average molecular weight is 342 g/mol. The van der Waals surface area contributed by atoms with Crippen molar-refractivity contribution < 1.29 is 23.4 Å². The molecule has 0 spiro atoms. The van der Waals surface area contributed by atoms with Gasteiger partial charge in [0.2, 0.25) is 11.7 Å². The highest BCUT2D eigenvalue weighted by Crippen LogP contribution is 2.39. The number of nitrogens with zero attached hydrogens (tertiary/aromatic N) is 1. The van der Waals surface area contributed by atoms with Crippen molar-refractivity contribution in [2.24, 2.45) is 0 Å². The van der Waals surface area contributed by atoms with Gasteiger partial charge in [-0.25, -0.2) is 0 Å². The zero-order valence-electron chi connectivity index (χ0n) is 14.1. The summed E-state index contributed by atoms with van der Waals surface area (Å²) in [6.07, 6.45) is 4.31. The van der Waals surface area contributed by atoms with Gasteiger partial charge in [-0.1, -0.05) is 0 Å². The second-order valence-corrected chi connectivity index (χ2v) is 4.88. The van der Waals surface area contributed by atoms with Gasteiger partial charge in [-0.3, -0.25) is 4.79 Å². The largest absolute Gasteiger partial charge is 0.493 e. The van der Waals surface area contributed by atoms with Gasteiger partial charge in [0.05, 0.1) is 33.7 Å². The third-order valence-electron chi connectivity index (χ3n) is 3.38. The summed E-state index contributed by atoms with van der Waals surface area (Å²) in [5.41, 5.74) is 0.511. The Kier molecular flexibility index (Phi) is 6.07. The minimum Gasteiger partial charge on any atom is -0.493 e. The lowest BCUT2D eigenvalue weighted by atomic mass is 10.1. The van der Waals surface area contributed by atoms with Gasteiger partial charge in [0.15, 0.2) is 11.5 Å². The molecule has 0 saturated heterocycles. The highest BCUT2D eigenvalue weighted by Gasteiger charge is 2.19. The van der Waals surface area contributed by atoms with E-state index in [-0.39, 0.29) is 0 Å². The van der Waals surface area contributed by atoms with Crippen LogP contribution in [0.3, 0.4) is 0 Å². The fourth-order valence-electron chi connectivity index (χ4n) is 2.19. The Morgan fingerprint density at radius 2 is 1.92 bits per heavy atom. The van der Waals surface area contributed by atoms with Crippen molar-refractivity contribution in [3.63, 3.8) is 0 Å². The summed E-state index contributed by atoms with van der Waals surface area (Å²) in [5, 5.41) is 12.0. The monoisotopic (exact) mass is 342 g/mol. The second-order valence-electron chi connectivity index (χ2n) is 4.88. The Morgan fingerprint density at radius 1 is 1.24 bits per heavy atom. The molecule has 0 unspecified atom stereocenters. The first kappa shape index (κ1) is 17.9. The average Bonchev–Trinajstić information content (AvgIpc) is 3.16. The molecule has 0 aliphatic rings. The first-order valence-electron chi connectivity index (χ1n) is 7.34. The van der Waals surface area contributed by atoms with Crippen LogP contribution in [0.1, 0.15) is 17.4 Å². The zero-order valence-corrected chi connectivity index (χ0v) is 14.1. The zero-order chi connectivity index (χ0) is 18.2. The normalized spacial score (nSPS) is 11.6. The van der Waals surface area contributed by atoms with Gasteiger partial charge in [-0.05, 0) is 35.9 Å². The molecule has 0 fully saturated rings. The number of methoxy groups -OCH3 is 3. The van der Waals surface area contributed by atoms with Crippen molar-refractivity contribution in [3.8, 4) is 23.3 Å². The molecule has 0 aliphatic heterocycles. The molecule has 2 aromatic rings. The SMILES string of the molecule is COc1cc([C@H](C#N)NC(=O)/C=C\c2ccco2)cc(OC)c1OC. The summed E-state index contributed by atoms with van der Waals surface area (Å²) in [5.74, 6) is 1.32. The van der Waals surface area contributed by atoms with Gasteiger partial charge in [-0.2, -0.15) is 5.26 Å². The molecule has 1 N–H and O–H groups in total. The molecular formula is C18H18N2O5. The maximum Gasteiger partial charge on any atom is 0.245 e. The van der Waals surface area contributed by atoms with Crippen LogP contribution in [0.5, 0.6) is 17.2 Å². The number of ether oxygens (including phenoxy) is 3. The Bertz CT molecular complexity index is 765. The molecule has 130 valence electrons. The van der Waals surface area contributed by atoms with E-state index in [4.69, 9.17) is 18.6 Å². The molecule has 1 heterocycles. The first-order valence-corrected chi connectivity index (χ1v) is 7.34. The Labute approximate surface area is 145 Å². The number of hydrogen-bond donors (Lipinski definition) is 1. The summed E-state index contributed by atoms with van der Waals surface area (Å²) in [7, 11) is 4.45. The molecule has 7 heteroatoms. The Balaban J connectivity index is 2.22. The van der Waals surface area contributed by atoms with Gasteiger partial charge < -0.3 is 23.9 Å². The molecule has 1 atom stereocenters. The second kappa shape index (κ2) is 8.45. The van der Waals surface area contributed by atoms with Crippen LogP contribution in [0.4, 0.5) is 0 Å². The maximum atomic E-state index is 12.0. The standard InChI is InChI=1S/C18H18N2O5/c1-22-15-9-12(10-16(23-2)18(15)24-3)14(11-19)20-17(21)7-6-13-5-4-8-25-13/h4-10,14H,1-3H3,(H,20,21)/b7-6-/t14-/m0/s1. The van der Waals surface area contributed by atoms with Gasteiger partial charge in [-0.15, -0.1) is 0 Å². The lowest BCUT2D eigenvalue weighted by Gasteiger charge is -2.16. The summed E-state index contributed by atoms with van der Waals surface area (Å²) in [6.45, 7) is 0. The molecule has 1 aromatic carbocycles. The molecule has 0 saturated carbocycles. The van der Waals surface area contributed by atoms with Crippen molar-refractivity contribution in [3.05, 3.63) is 47.9 Å². The predicted molar refractivity (Wildman–Crippen MR) is 90.3 cm³/mol. The fourth-order valence-corrected chi connectivity index (χ4v) is 2.19. The number of carbonyl (C=O) groups excluding carboxylic acids is 1. The number of hydrogen-bond acceptors (Lipinski definition) is 6. The maximum absolute atomic E-state index is 12.0. The van der Waals surface area contributed by atoms with E-state index >= 15 is 0 Å². The first-order chi connectivity index (χ1) is 12.1. The fraction of sp³-hybridized carbons (Fsp3) is 0.222. The van der Waals surface area contributed by atoms with Gasteiger partial charge >= 0.3 is 0 Å². The number of nitriles is 1. The lowest BCUT2D eigenvalue weighted by Crippen LogP contribution is -2.25. The Hall–Kier alpha value is -3.40. The predicted octanol–water partition coefficient (Wildman–Crippen LogP) is 2.70. The molecule has 7 nitrogen and oxygen atoms in total. The van der Waals surface area contributed by atoms with Gasteiger partial charge in [0, 0.05) is 6.08 Å². The van der Waals surface area contributed by atoms with Crippen LogP contribution < -0.4 is 19.5 Å². The smallest absolute Gasteiger partial charge is 0.245 e. The molecule has 0 radical (unpaired) electrons. The molecule has 2 rings (SSSR count). The number of benzene rings is 1. The number of nitrogens with one attached hydrogen (secondary N) is 1. The van der Waals surface area contributed by atoms with Gasteiger partial charge in [0.25, 0.3) is 0 Å². The minimum absolute atomic E-state index is 0.400. The number of furan rings is 1. The lowest BCUT2D eigenvalue weighted by molar-refractivity contribution is -0.116. The molecule has 0 aliphatic carbocycles. The molecule has 0 bridgehead atoms. The third kappa shape index (κ3) is 4.32. The van der Waals surface area contributed by atoms with Crippen LogP contribution in [0.25, 0.3) is 6.08 Å². The summed E-state index contributed by atoms with van der Waals surface area (Å²) >= 11 is 0. The quantitative estimate of drug-likeness (QED) is 0.778. The van der Waals surface area contributed by atoms with Crippen LogP contribution in [0.15, 0.2) is 41.0 Å². The van der Waals surface area contributed by atoms with Crippen molar-refractivity contribution in [2.75, 3.05) is 21.3 Å². The van der Waals surface area contributed by atoms with Crippen LogP contribution in [0, 0.1) is 11.3 Å². The van der Waals surface area contributed by atoms with E-state index in [0.29, 0.717) is 28.6 Å². The van der Waals surface area contributed by atoms with E-state index < -0.39 is 11.9 Å². The topological polar surface area (TPSA) is 93.7 Å².